The van der Waals surface area contributed by atoms with Crippen LogP contribution in [0.25, 0.3) is 33.8 Å². The lowest BCUT2D eigenvalue weighted by Crippen LogP contribution is -2.16. The van der Waals surface area contributed by atoms with Gasteiger partial charge in [-0.15, -0.1) is 0 Å². The maximum absolute atomic E-state index is 13.3. The Morgan fingerprint density at radius 3 is 1.59 bits per heavy atom. The van der Waals surface area contributed by atoms with Crippen LogP contribution in [0, 0.1) is 0 Å². The first-order chi connectivity index (χ1) is 38.3. The largest absolute Gasteiger partial charge is 0.454 e. The fourth-order valence-electron chi connectivity index (χ4n) is 9.24. The Balaban J connectivity index is 0.000000167. The summed E-state index contributed by atoms with van der Waals surface area (Å²) in [5.41, 5.74) is 2.59. The monoisotopic (exact) mass is 1080 g/mol. The van der Waals surface area contributed by atoms with E-state index in [2.05, 4.69) is 68.5 Å². The number of aromatic nitrogens is 14. The van der Waals surface area contributed by atoms with Crippen molar-refractivity contribution in [3.05, 3.63) is 134 Å². The number of nitrogens with one attached hydrogen (secondary N) is 3. The van der Waals surface area contributed by atoms with Crippen molar-refractivity contribution in [1.29, 1.82) is 0 Å². The Kier molecular flexibility index (Phi) is 14.4. The van der Waals surface area contributed by atoms with Gasteiger partial charge in [0.25, 0.3) is 11.8 Å². The Hall–Kier alpha value is -9.70. The molecule has 2 aliphatic rings. The van der Waals surface area contributed by atoms with Crippen molar-refractivity contribution < 1.29 is 46.1 Å². The summed E-state index contributed by atoms with van der Waals surface area (Å²) in [6, 6.07) is 12.7. The van der Waals surface area contributed by atoms with E-state index in [9.17, 15) is 27.2 Å². The average molecular weight is 1090 g/mol. The van der Waals surface area contributed by atoms with Crippen LogP contribution in [0.1, 0.15) is 45.6 Å². The summed E-state index contributed by atoms with van der Waals surface area (Å²) in [7, 11) is 5.36. The summed E-state index contributed by atoms with van der Waals surface area (Å²) in [4.78, 5) is 36.9. The second-order valence-electron chi connectivity index (χ2n) is 18.4. The molecule has 2 amide bonds. The zero-order chi connectivity index (χ0) is 54.7. The van der Waals surface area contributed by atoms with Crippen LogP contribution in [0.2, 0.25) is 0 Å². The van der Waals surface area contributed by atoms with Crippen LogP contribution in [0.4, 0.5) is 28.9 Å². The number of aryl methyl sites for hydroxylation is 2. The molecule has 0 aliphatic carbocycles. The Bertz CT molecular complexity index is 3810. The summed E-state index contributed by atoms with van der Waals surface area (Å²) in [5.74, 6) is 0.464. The third kappa shape index (κ3) is 11.4. The van der Waals surface area contributed by atoms with Crippen LogP contribution < -0.4 is 34.9 Å². The maximum atomic E-state index is 13.3. The number of halogens is 4. The van der Waals surface area contributed by atoms with Gasteiger partial charge >= 0.3 is 13.2 Å². The summed E-state index contributed by atoms with van der Waals surface area (Å²) in [6.45, 7) is -2.51. The second kappa shape index (κ2) is 22.1. The number of nitrogens with zero attached hydrogens (tertiary/aromatic N) is 15. The van der Waals surface area contributed by atoms with E-state index < -0.39 is 25.0 Å². The first-order valence-corrected chi connectivity index (χ1v) is 24.6. The molecule has 2 aliphatic heterocycles. The number of alkyl halides is 4. The highest BCUT2D eigenvalue weighted by atomic mass is 19.3. The molecule has 10 heterocycles. The van der Waals surface area contributed by atoms with Crippen LogP contribution in [0.5, 0.6) is 34.5 Å². The van der Waals surface area contributed by atoms with E-state index in [1.165, 1.54) is 67.2 Å². The van der Waals surface area contributed by atoms with Gasteiger partial charge in [0.15, 0.2) is 22.8 Å². The first-order valence-electron chi connectivity index (χ1n) is 24.6. The molecule has 0 unspecified atom stereocenters. The molecular formula is C51H48F4N18O6. The molecule has 2 fully saturated rings. The summed E-state index contributed by atoms with van der Waals surface area (Å²) >= 11 is 0. The third-order valence-electron chi connectivity index (χ3n) is 12.8. The van der Waals surface area contributed by atoms with Gasteiger partial charge in [-0.25, -0.2) is 19.0 Å². The van der Waals surface area contributed by atoms with Crippen LogP contribution in [0.3, 0.4) is 0 Å². The number of fused-ring (bicyclic) bond motifs is 2. The number of carbonyl (C=O) groups excluding carboxylic acids is 2. The van der Waals surface area contributed by atoms with Crippen LogP contribution in [0.15, 0.2) is 123 Å². The van der Waals surface area contributed by atoms with Gasteiger partial charge < -0.3 is 39.8 Å². The van der Waals surface area contributed by atoms with Gasteiger partial charge in [-0.3, -0.25) is 28.3 Å². The maximum Gasteiger partial charge on any atom is 0.387 e. The van der Waals surface area contributed by atoms with E-state index in [1.807, 2.05) is 15.6 Å². The minimum Gasteiger partial charge on any atom is -0.454 e. The summed E-state index contributed by atoms with van der Waals surface area (Å²) in [6.07, 6.45) is 21.1. The molecular weight excluding hydrogens is 1040 g/mol. The Morgan fingerprint density at radius 1 is 0.633 bits per heavy atom. The molecule has 79 heavy (non-hydrogen) atoms. The van der Waals surface area contributed by atoms with Crippen molar-refractivity contribution >= 4 is 34.5 Å². The van der Waals surface area contributed by atoms with Crippen LogP contribution in [-0.4, -0.2) is 131 Å². The van der Waals surface area contributed by atoms with Gasteiger partial charge in [0.2, 0.25) is 0 Å². The number of anilines is 2. The minimum atomic E-state index is -3.07. The molecule has 406 valence electrons. The molecule has 2 atom stereocenters. The smallest absolute Gasteiger partial charge is 0.387 e. The molecule has 8 aromatic heterocycles. The highest BCUT2D eigenvalue weighted by Crippen LogP contribution is 2.41. The number of likely N-dealkylation sites (N-methyl/N-ethyl adjacent to an activating group) is 1. The highest BCUT2D eigenvalue weighted by molar-refractivity contribution is 6.10. The molecule has 0 bridgehead atoms. The minimum absolute atomic E-state index is 0.126. The molecule has 24 nitrogen and oxygen atoms in total. The van der Waals surface area contributed by atoms with Gasteiger partial charge in [-0.2, -0.15) is 48.2 Å². The van der Waals surface area contributed by atoms with Crippen molar-refractivity contribution in [2.75, 3.05) is 43.9 Å². The normalized spacial score (nSPS) is 15.5. The van der Waals surface area contributed by atoms with E-state index in [0.717, 1.165) is 39.0 Å². The van der Waals surface area contributed by atoms with Gasteiger partial charge in [0, 0.05) is 64.4 Å². The van der Waals surface area contributed by atoms with Crippen molar-refractivity contribution in [2.45, 2.75) is 38.1 Å². The molecule has 2 saturated heterocycles. The van der Waals surface area contributed by atoms with E-state index in [0.29, 0.717) is 34.3 Å². The molecule has 12 rings (SSSR count). The van der Waals surface area contributed by atoms with Crippen molar-refractivity contribution in [3.8, 4) is 57.0 Å². The number of carbonyl (C=O) groups is 2. The van der Waals surface area contributed by atoms with Crippen molar-refractivity contribution in [2.24, 2.45) is 14.1 Å². The number of rotatable bonds is 16. The zero-order valence-corrected chi connectivity index (χ0v) is 42.3. The second-order valence-corrected chi connectivity index (χ2v) is 18.4. The molecule has 28 heteroatoms. The standard InChI is InChI=1S/C26H25F2N9O3.C25H23F2N9O3/c1-34-9-6-16(13-34)37-14-18(11-30-37)39-17-4-5-22(40-26(27)28)19(10-17)23-21(15-35(2)33-23)32-25(38)20-12-31-36-8-3-7-29-24(20)36;1-34-14-20(32-24(37)19-12-31-35-8-2-6-29-23(19)35)22(33-34)18-9-16(3-4-21(18)39-25(26)27)38-17-11-30-36(13-17)15-5-7-28-10-15/h3-5,7-8,10-12,14-16,26H,6,9,13H2,1-2H3,(H,32,38);2-4,6,8-9,11-15,25,28H,5,7,10H2,1H3,(H,32,37)/t16-;15-/m01/s1. The topological polar surface area (TPSA) is 242 Å². The number of benzene rings is 2. The van der Waals surface area contributed by atoms with Gasteiger partial charge in [0.05, 0.1) is 71.8 Å². The lowest BCUT2D eigenvalue weighted by Gasteiger charge is -2.13. The SMILES string of the molecule is CN1CC[C@H](n2cc(Oc3ccc(OC(F)F)c(-c4nn(C)cc4NC(=O)c4cnn5cccnc45)c3)cn2)C1.Cn1cc(NC(=O)c2cnn3cccnc23)c(-c2cc(Oc3cnn([C@@H]4CCNC4)c3)ccc2OC(F)F)n1. The number of amides is 2. The molecule has 0 saturated carbocycles. The molecule has 2 aromatic carbocycles. The Morgan fingerprint density at radius 2 is 1.14 bits per heavy atom. The highest BCUT2D eigenvalue weighted by Gasteiger charge is 2.26. The predicted octanol–water partition coefficient (Wildman–Crippen LogP) is 7.36. The third-order valence-corrected chi connectivity index (χ3v) is 12.8. The van der Waals surface area contributed by atoms with Crippen molar-refractivity contribution in [1.82, 2.24) is 78.5 Å². The summed E-state index contributed by atoms with van der Waals surface area (Å²) < 4.78 is 84.3. The summed E-state index contributed by atoms with van der Waals surface area (Å²) in [5, 5.41) is 34.8. The first kappa shape index (κ1) is 51.4. The van der Waals surface area contributed by atoms with Gasteiger partial charge in [-0.05, 0) is 81.5 Å². The predicted molar refractivity (Wildman–Crippen MR) is 275 cm³/mol. The number of hydrogen-bond donors (Lipinski definition) is 3. The quantitative estimate of drug-likeness (QED) is 0.0801. The van der Waals surface area contributed by atoms with Crippen LogP contribution in [-0.2, 0) is 14.1 Å². The molecule has 3 N–H and O–H groups in total. The van der Waals surface area contributed by atoms with Crippen molar-refractivity contribution in [3.63, 3.8) is 0 Å². The van der Waals surface area contributed by atoms with E-state index >= 15 is 0 Å². The molecule has 0 radical (unpaired) electrons. The fourth-order valence-corrected chi connectivity index (χ4v) is 9.24. The van der Waals surface area contributed by atoms with Gasteiger partial charge in [0.1, 0.15) is 45.5 Å². The lowest BCUT2D eigenvalue weighted by atomic mass is 10.1. The molecule has 10 aromatic rings. The van der Waals surface area contributed by atoms with Gasteiger partial charge in [-0.1, -0.05) is 0 Å². The van der Waals surface area contributed by atoms with E-state index in [-0.39, 0.29) is 68.6 Å². The zero-order valence-electron chi connectivity index (χ0n) is 42.3. The average Bonchev–Trinajstić information content (AvgIpc) is 4.30. The fraction of sp³-hybridized carbons (Fsp3) is 0.255. The lowest BCUT2D eigenvalue weighted by molar-refractivity contribution is -0.0501. The number of hydrogen-bond acceptors (Lipinski definition) is 16. The number of likely N-dealkylation sites (tertiary alicyclic amines) is 1. The molecule has 0 spiro atoms. The van der Waals surface area contributed by atoms with E-state index in [1.54, 1.807) is 82.0 Å². The van der Waals surface area contributed by atoms with Crippen LogP contribution >= 0.6 is 0 Å². The Labute approximate surface area is 445 Å². The van der Waals surface area contributed by atoms with E-state index in [4.69, 9.17) is 18.9 Å². The number of ether oxygens (including phenoxy) is 4.